The molecule has 1 aliphatic rings. The summed E-state index contributed by atoms with van der Waals surface area (Å²) in [5, 5.41) is 3.38. The molecule has 1 saturated heterocycles. The molecule has 0 aromatic carbocycles. The lowest BCUT2D eigenvalue weighted by molar-refractivity contribution is 0.0640. The van der Waals surface area contributed by atoms with E-state index in [4.69, 9.17) is 0 Å². The Hall–Kier alpha value is -2.77. The van der Waals surface area contributed by atoms with Gasteiger partial charge in [-0.25, -0.2) is 4.98 Å². The van der Waals surface area contributed by atoms with E-state index in [0.717, 1.165) is 43.6 Å². The average molecular weight is 428 g/mol. The molecule has 4 heterocycles. The molecule has 8 heteroatoms. The summed E-state index contributed by atoms with van der Waals surface area (Å²) >= 11 is 0. The number of hydrogen-bond acceptors (Lipinski definition) is 5. The number of amides is 1. The van der Waals surface area contributed by atoms with Crippen LogP contribution in [-0.2, 0) is 6.54 Å². The van der Waals surface area contributed by atoms with Crippen LogP contribution in [0.1, 0.15) is 40.9 Å². The molecule has 0 radical (unpaired) electrons. The number of halogens is 1. The van der Waals surface area contributed by atoms with Gasteiger partial charge in [0, 0.05) is 24.6 Å². The molecule has 1 aliphatic heterocycles. The summed E-state index contributed by atoms with van der Waals surface area (Å²) in [6, 6.07) is 9.40. The smallest absolute Gasteiger partial charge is 0.270 e. The fraction of sp³-hybridized carbons (Fsp3) is 0.364. The summed E-state index contributed by atoms with van der Waals surface area (Å²) in [6.45, 7) is 4.12. The van der Waals surface area contributed by atoms with Crippen molar-refractivity contribution in [1.82, 2.24) is 24.6 Å². The van der Waals surface area contributed by atoms with Gasteiger partial charge in [-0.15, -0.1) is 12.4 Å². The van der Waals surface area contributed by atoms with Crippen LogP contribution in [0.3, 0.4) is 0 Å². The van der Waals surface area contributed by atoms with Gasteiger partial charge < -0.3 is 10.2 Å². The molecule has 4 rings (SSSR count). The van der Waals surface area contributed by atoms with Crippen LogP contribution in [0.25, 0.3) is 5.65 Å². The first-order chi connectivity index (χ1) is 14.1. The van der Waals surface area contributed by atoms with Crippen LogP contribution in [0.5, 0.6) is 0 Å². The molecule has 158 valence electrons. The van der Waals surface area contributed by atoms with Crippen LogP contribution in [0.2, 0.25) is 0 Å². The van der Waals surface area contributed by atoms with Gasteiger partial charge in [0.05, 0.1) is 12.2 Å². The van der Waals surface area contributed by atoms with E-state index in [-0.39, 0.29) is 35.5 Å². The van der Waals surface area contributed by atoms with Gasteiger partial charge >= 0.3 is 0 Å². The number of aryl methyl sites for hydroxylation is 1. The number of rotatable bonds is 4. The van der Waals surface area contributed by atoms with Crippen molar-refractivity contribution in [3.05, 3.63) is 76.1 Å². The SMILES string of the molecule is Cc1ccn2c(=O)c(C(=O)N(Cc3ccccn3)C3CCCNCC3)cnc2c1.Cl. The Morgan fingerprint density at radius 1 is 1.23 bits per heavy atom. The highest BCUT2D eigenvalue weighted by molar-refractivity contribution is 5.94. The first-order valence-electron chi connectivity index (χ1n) is 10.0. The molecule has 1 amide bonds. The zero-order chi connectivity index (χ0) is 20.2. The molecule has 1 fully saturated rings. The number of carbonyl (C=O) groups excluding carboxylic acids is 1. The van der Waals surface area contributed by atoms with Crippen molar-refractivity contribution in [1.29, 1.82) is 0 Å². The van der Waals surface area contributed by atoms with Gasteiger partial charge in [0.15, 0.2) is 0 Å². The third-order valence-corrected chi connectivity index (χ3v) is 5.40. The maximum Gasteiger partial charge on any atom is 0.270 e. The van der Waals surface area contributed by atoms with Gasteiger partial charge in [0.2, 0.25) is 0 Å². The van der Waals surface area contributed by atoms with Gasteiger partial charge in [-0.3, -0.25) is 19.0 Å². The first-order valence-corrected chi connectivity index (χ1v) is 10.0. The fourth-order valence-electron chi connectivity index (χ4n) is 3.82. The summed E-state index contributed by atoms with van der Waals surface area (Å²) in [5.41, 5.74) is 2.12. The van der Waals surface area contributed by atoms with Crippen molar-refractivity contribution in [3.8, 4) is 0 Å². The largest absolute Gasteiger partial charge is 0.329 e. The Labute approximate surface area is 181 Å². The Bertz CT molecular complexity index is 1060. The van der Waals surface area contributed by atoms with E-state index < -0.39 is 0 Å². The Morgan fingerprint density at radius 3 is 2.90 bits per heavy atom. The number of pyridine rings is 2. The van der Waals surface area contributed by atoms with E-state index in [2.05, 4.69) is 15.3 Å². The van der Waals surface area contributed by atoms with Crippen LogP contribution in [0.15, 0.2) is 53.7 Å². The monoisotopic (exact) mass is 427 g/mol. The maximum atomic E-state index is 13.5. The van der Waals surface area contributed by atoms with E-state index in [0.29, 0.717) is 12.2 Å². The zero-order valence-electron chi connectivity index (χ0n) is 17.0. The first kappa shape index (κ1) is 21.9. The molecule has 0 aliphatic carbocycles. The number of fused-ring (bicyclic) bond motifs is 1. The highest BCUT2D eigenvalue weighted by atomic mass is 35.5. The molecule has 30 heavy (non-hydrogen) atoms. The fourth-order valence-corrected chi connectivity index (χ4v) is 3.82. The molecule has 1 N–H and O–H groups in total. The summed E-state index contributed by atoms with van der Waals surface area (Å²) in [4.78, 5) is 37.1. The van der Waals surface area contributed by atoms with Gasteiger partial charge in [0.25, 0.3) is 11.5 Å². The zero-order valence-corrected chi connectivity index (χ0v) is 17.8. The Kier molecular flexibility index (Phi) is 7.18. The maximum absolute atomic E-state index is 13.5. The number of nitrogens with zero attached hydrogens (tertiary/aromatic N) is 4. The second-order valence-corrected chi connectivity index (χ2v) is 7.50. The highest BCUT2D eigenvalue weighted by Gasteiger charge is 2.28. The predicted octanol–water partition coefficient (Wildman–Crippen LogP) is 2.60. The van der Waals surface area contributed by atoms with E-state index in [1.54, 1.807) is 17.3 Å². The second kappa shape index (κ2) is 9.82. The third-order valence-electron chi connectivity index (χ3n) is 5.40. The van der Waals surface area contributed by atoms with Crippen LogP contribution in [-0.4, -0.2) is 44.3 Å². The highest BCUT2D eigenvalue weighted by Crippen LogP contribution is 2.18. The van der Waals surface area contributed by atoms with Crippen LogP contribution in [0.4, 0.5) is 0 Å². The summed E-state index contributed by atoms with van der Waals surface area (Å²) < 4.78 is 1.44. The minimum Gasteiger partial charge on any atom is -0.329 e. The average Bonchev–Trinajstić information content (AvgIpc) is 3.02. The molecule has 1 atom stereocenters. The number of carbonyl (C=O) groups is 1. The summed E-state index contributed by atoms with van der Waals surface area (Å²) in [5.74, 6) is -0.282. The van der Waals surface area contributed by atoms with Crippen molar-refractivity contribution >= 4 is 24.0 Å². The van der Waals surface area contributed by atoms with Crippen LogP contribution in [0, 0.1) is 6.92 Å². The number of hydrogen-bond donors (Lipinski definition) is 1. The number of aromatic nitrogens is 3. The van der Waals surface area contributed by atoms with E-state index >= 15 is 0 Å². The Balaban J connectivity index is 0.00000256. The van der Waals surface area contributed by atoms with E-state index in [1.165, 1.54) is 10.6 Å². The Morgan fingerprint density at radius 2 is 2.10 bits per heavy atom. The van der Waals surface area contributed by atoms with E-state index in [9.17, 15) is 9.59 Å². The van der Waals surface area contributed by atoms with Crippen LogP contribution < -0.4 is 10.9 Å². The van der Waals surface area contributed by atoms with Crippen molar-refractivity contribution in [3.63, 3.8) is 0 Å². The lowest BCUT2D eigenvalue weighted by Gasteiger charge is -2.30. The molecular weight excluding hydrogens is 402 g/mol. The minimum atomic E-state index is -0.335. The molecular formula is C22H26ClN5O2. The molecule has 7 nitrogen and oxygen atoms in total. The van der Waals surface area contributed by atoms with Gasteiger partial charge in [0.1, 0.15) is 11.2 Å². The van der Waals surface area contributed by atoms with Gasteiger partial charge in [-0.2, -0.15) is 0 Å². The minimum absolute atomic E-state index is 0. The molecule has 3 aromatic rings. The third kappa shape index (κ3) is 4.68. The van der Waals surface area contributed by atoms with Gasteiger partial charge in [-0.1, -0.05) is 6.07 Å². The molecule has 0 saturated carbocycles. The van der Waals surface area contributed by atoms with Crippen molar-refractivity contribution < 1.29 is 4.79 Å². The molecule has 3 aromatic heterocycles. The van der Waals surface area contributed by atoms with Gasteiger partial charge in [-0.05, 0) is 69.1 Å². The standard InChI is InChI=1S/C22H25N5O2.ClH/c1-16-8-12-26-20(13-16)25-14-19(21(26)28)22(29)27(15-17-5-2-3-10-24-17)18-6-4-9-23-11-7-18;/h2-3,5,8,10,12-14,18,23H,4,6-7,9,11,15H2,1H3;1H. The summed E-state index contributed by atoms with van der Waals surface area (Å²) in [7, 11) is 0. The quantitative estimate of drug-likeness (QED) is 0.692. The lowest BCUT2D eigenvalue weighted by atomic mass is 10.1. The molecule has 1 unspecified atom stereocenters. The summed E-state index contributed by atoms with van der Waals surface area (Å²) in [6.07, 6.45) is 7.55. The van der Waals surface area contributed by atoms with Crippen molar-refractivity contribution in [2.75, 3.05) is 13.1 Å². The molecule has 0 spiro atoms. The van der Waals surface area contributed by atoms with Crippen molar-refractivity contribution in [2.24, 2.45) is 0 Å². The normalized spacial score (nSPS) is 16.5. The van der Waals surface area contributed by atoms with Crippen molar-refractivity contribution in [2.45, 2.75) is 38.8 Å². The van der Waals surface area contributed by atoms with Crippen LogP contribution >= 0.6 is 12.4 Å². The predicted molar refractivity (Wildman–Crippen MR) is 118 cm³/mol. The molecule has 0 bridgehead atoms. The van der Waals surface area contributed by atoms with E-state index in [1.807, 2.05) is 37.3 Å². The topological polar surface area (TPSA) is 79.6 Å². The number of nitrogens with one attached hydrogen (secondary N) is 1. The lowest BCUT2D eigenvalue weighted by Crippen LogP contribution is -2.43. The second-order valence-electron chi connectivity index (χ2n) is 7.50.